The second kappa shape index (κ2) is 7.81. The van der Waals surface area contributed by atoms with Crippen molar-refractivity contribution in [1.29, 1.82) is 0 Å². The highest BCUT2D eigenvalue weighted by molar-refractivity contribution is 5.84. The molecule has 20 heavy (non-hydrogen) atoms. The van der Waals surface area contributed by atoms with Crippen LogP contribution in [0.1, 0.15) is 5.56 Å². The second-order valence-corrected chi connectivity index (χ2v) is 4.14. The van der Waals surface area contributed by atoms with Crippen molar-refractivity contribution in [2.75, 3.05) is 13.1 Å². The zero-order valence-electron chi connectivity index (χ0n) is 10.8. The number of nitrogens with one attached hydrogen (secondary N) is 2. The number of hydrogen-bond acceptors (Lipinski definition) is 4. The second-order valence-electron chi connectivity index (χ2n) is 4.14. The monoisotopic (exact) mass is 276 g/mol. The van der Waals surface area contributed by atoms with Crippen LogP contribution in [-0.2, 0) is 16.0 Å². The molecule has 0 fully saturated rings. The molecular formula is C14H16N2O4. The highest BCUT2D eigenvalue weighted by Gasteiger charge is 2.20. The minimum atomic E-state index is -1.12. The van der Waals surface area contributed by atoms with Crippen molar-refractivity contribution in [3.63, 3.8) is 0 Å². The lowest BCUT2D eigenvalue weighted by molar-refractivity contribution is -0.141. The summed E-state index contributed by atoms with van der Waals surface area (Å²) in [4.78, 5) is 22.7. The van der Waals surface area contributed by atoms with Crippen LogP contribution < -0.4 is 10.6 Å². The summed E-state index contributed by atoms with van der Waals surface area (Å²) < 4.78 is 0. The Hall–Kier alpha value is -2.52. The predicted octanol–water partition coefficient (Wildman–Crippen LogP) is -0.273. The van der Waals surface area contributed by atoms with Crippen molar-refractivity contribution in [2.24, 2.45) is 0 Å². The number of aliphatic carboxylic acids is 1. The molecule has 1 aromatic carbocycles. The largest absolute Gasteiger partial charge is 0.508 e. The Balaban J connectivity index is 2.56. The molecule has 1 amide bonds. The molecule has 0 aliphatic rings. The molecule has 0 aliphatic heterocycles. The van der Waals surface area contributed by atoms with Crippen LogP contribution in [0.25, 0.3) is 0 Å². The fraction of sp³-hybridized carbons (Fsp3) is 0.286. The Kier molecular flexibility index (Phi) is 6.07. The lowest BCUT2D eigenvalue weighted by Crippen LogP contribution is -2.45. The van der Waals surface area contributed by atoms with Gasteiger partial charge in [-0.05, 0) is 17.7 Å². The van der Waals surface area contributed by atoms with Gasteiger partial charge in [0.1, 0.15) is 11.8 Å². The number of rotatable bonds is 7. The number of phenolic OH excluding ortho intramolecular Hbond substituents is 1. The highest BCUT2D eigenvalue weighted by Crippen LogP contribution is 2.11. The van der Waals surface area contributed by atoms with E-state index in [1.165, 1.54) is 12.1 Å². The number of amides is 1. The summed E-state index contributed by atoms with van der Waals surface area (Å²) in [6.45, 7) is 0.201. The van der Waals surface area contributed by atoms with Crippen LogP contribution >= 0.6 is 0 Å². The Labute approximate surface area is 116 Å². The number of benzene rings is 1. The van der Waals surface area contributed by atoms with E-state index in [-0.39, 0.29) is 25.3 Å². The van der Waals surface area contributed by atoms with Crippen molar-refractivity contribution >= 4 is 11.9 Å². The van der Waals surface area contributed by atoms with Gasteiger partial charge in [0, 0.05) is 6.42 Å². The van der Waals surface area contributed by atoms with Crippen LogP contribution in [0.5, 0.6) is 5.75 Å². The van der Waals surface area contributed by atoms with E-state index in [1.54, 1.807) is 12.1 Å². The summed E-state index contributed by atoms with van der Waals surface area (Å²) in [7, 11) is 0. The van der Waals surface area contributed by atoms with Gasteiger partial charge in [-0.25, -0.2) is 4.79 Å². The number of terminal acetylenes is 1. The Morgan fingerprint density at radius 2 is 1.95 bits per heavy atom. The Morgan fingerprint density at radius 1 is 1.30 bits per heavy atom. The van der Waals surface area contributed by atoms with Crippen LogP contribution in [0, 0.1) is 12.3 Å². The molecule has 6 nitrogen and oxygen atoms in total. The first-order valence-electron chi connectivity index (χ1n) is 5.97. The van der Waals surface area contributed by atoms with Gasteiger partial charge in [0.2, 0.25) is 5.91 Å². The average Bonchev–Trinajstić information content (AvgIpc) is 2.40. The first kappa shape index (κ1) is 15.5. The van der Waals surface area contributed by atoms with Crippen LogP contribution in [-0.4, -0.2) is 41.2 Å². The lowest BCUT2D eigenvalue weighted by Gasteiger charge is -2.14. The molecule has 1 rings (SSSR count). The first-order chi connectivity index (χ1) is 9.52. The molecule has 6 heteroatoms. The van der Waals surface area contributed by atoms with E-state index in [9.17, 15) is 9.59 Å². The lowest BCUT2D eigenvalue weighted by atomic mass is 10.1. The molecule has 1 unspecified atom stereocenters. The molecule has 0 heterocycles. The number of carboxylic acids is 1. The number of carbonyl (C=O) groups is 2. The molecule has 0 radical (unpaired) electrons. The van der Waals surface area contributed by atoms with Crippen molar-refractivity contribution < 1.29 is 19.8 Å². The maximum Gasteiger partial charge on any atom is 0.326 e. The van der Waals surface area contributed by atoms with E-state index < -0.39 is 17.9 Å². The van der Waals surface area contributed by atoms with Gasteiger partial charge in [-0.2, -0.15) is 0 Å². The van der Waals surface area contributed by atoms with Crippen LogP contribution in [0.4, 0.5) is 0 Å². The van der Waals surface area contributed by atoms with E-state index >= 15 is 0 Å². The predicted molar refractivity (Wildman–Crippen MR) is 73.1 cm³/mol. The summed E-state index contributed by atoms with van der Waals surface area (Å²) in [6, 6.07) is 5.11. The fourth-order valence-corrected chi connectivity index (χ4v) is 1.56. The number of carbonyl (C=O) groups excluding carboxylic acids is 1. The van der Waals surface area contributed by atoms with E-state index in [2.05, 4.69) is 16.6 Å². The summed E-state index contributed by atoms with van der Waals surface area (Å²) in [5.74, 6) is 0.853. The van der Waals surface area contributed by atoms with Crippen molar-refractivity contribution in [3.8, 4) is 18.1 Å². The highest BCUT2D eigenvalue weighted by atomic mass is 16.4. The number of carboxylic acid groups (broad SMARTS) is 1. The molecule has 1 atom stereocenters. The molecule has 1 aromatic rings. The van der Waals surface area contributed by atoms with Crippen molar-refractivity contribution in [2.45, 2.75) is 12.5 Å². The summed E-state index contributed by atoms with van der Waals surface area (Å²) in [5.41, 5.74) is 0.701. The molecule has 0 saturated heterocycles. The van der Waals surface area contributed by atoms with Gasteiger partial charge in [-0.1, -0.05) is 18.1 Å². The fourth-order valence-electron chi connectivity index (χ4n) is 1.56. The van der Waals surface area contributed by atoms with Gasteiger partial charge >= 0.3 is 5.97 Å². The van der Waals surface area contributed by atoms with Gasteiger partial charge in [0.15, 0.2) is 0 Å². The summed E-state index contributed by atoms with van der Waals surface area (Å²) >= 11 is 0. The third-order valence-corrected chi connectivity index (χ3v) is 2.52. The molecule has 0 bridgehead atoms. The molecule has 4 N–H and O–H groups in total. The van der Waals surface area contributed by atoms with Crippen LogP contribution in [0.15, 0.2) is 24.3 Å². The zero-order valence-corrected chi connectivity index (χ0v) is 10.8. The van der Waals surface area contributed by atoms with Crippen molar-refractivity contribution in [1.82, 2.24) is 10.6 Å². The first-order valence-corrected chi connectivity index (χ1v) is 5.97. The van der Waals surface area contributed by atoms with Gasteiger partial charge in [0.05, 0.1) is 13.1 Å². The van der Waals surface area contributed by atoms with Crippen molar-refractivity contribution in [3.05, 3.63) is 29.8 Å². The van der Waals surface area contributed by atoms with E-state index in [4.69, 9.17) is 16.6 Å². The third kappa shape index (κ3) is 5.42. The van der Waals surface area contributed by atoms with Crippen LogP contribution in [0.3, 0.4) is 0 Å². The summed E-state index contributed by atoms with van der Waals surface area (Å²) in [6.07, 6.45) is 5.16. The number of phenols is 1. The minimum Gasteiger partial charge on any atom is -0.508 e. The molecule has 0 saturated carbocycles. The van der Waals surface area contributed by atoms with Crippen LogP contribution in [0.2, 0.25) is 0 Å². The van der Waals surface area contributed by atoms with E-state index in [1.807, 2.05) is 0 Å². The molecule has 106 valence electrons. The molecule has 0 aliphatic carbocycles. The SMILES string of the molecule is C#CCNCC(=O)NC(Cc1ccc(O)cc1)C(=O)O. The number of aromatic hydroxyl groups is 1. The van der Waals surface area contributed by atoms with E-state index in [0.29, 0.717) is 5.56 Å². The third-order valence-electron chi connectivity index (χ3n) is 2.52. The molecular weight excluding hydrogens is 260 g/mol. The van der Waals surface area contributed by atoms with Gasteiger partial charge in [0.25, 0.3) is 0 Å². The number of hydrogen-bond donors (Lipinski definition) is 4. The average molecular weight is 276 g/mol. The summed E-state index contributed by atoms with van der Waals surface area (Å²) in [5, 5.41) is 23.3. The zero-order chi connectivity index (χ0) is 15.0. The maximum absolute atomic E-state index is 11.5. The Morgan fingerprint density at radius 3 is 2.50 bits per heavy atom. The topological polar surface area (TPSA) is 98.7 Å². The smallest absolute Gasteiger partial charge is 0.326 e. The molecule has 0 spiro atoms. The Bertz CT molecular complexity index is 505. The van der Waals surface area contributed by atoms with Gasteiger partial charge < -0.3 is 15.5 Å². The minimum absolute atomic E-state index is 0.0381. The quantitative estimate of drug-likeness (QED) is 0.406. The van der Waals surface area contributed by atoms with Gasteiger partial charge in [-0.3, -0.25) is 10.1 Å². The standard InChI is InChI=1S/C14H16N2O4/c1-2-7-15-9-13(18)16-12(14(19)20)8-10-3-5-11(17)6-4-10/h1,3-6,12,15,17H,7-9H2,(H,16,18)(H,19,20). The van der Waals surface area contributed by atoms with E-state index in [0.717, 1.165) is 0 Å². The normalized spacial score (nSPS) is 11.3. The van der Waals surface area contributed by atoms with Gasteiger partial charge in [-0.15, -0.1) is 6.42 Å². The maximum atomic E-state index is 11.5. The molecule has 0 aromatic heterocycles.